The molecule has 1 fully saturated rings. The largest absolute Gasteiger partial charge is 0.468 e. The quantitative estimate of drug-likeness (QED) is 0.901. The Morgan fingerprint density at radius 3 is 2.65 bits per heavy atom. The van der Waals surface area contributed by atoms with Crippen molar-refractivity contribution in [2.45, 2.75) is 25.6 Å². The average Bonchev–Trinajstić information content (AvgIpc) is 2.85. The number of hydrogen-bond donors (Lipinski definition) is 1. The monoisotopic (exact) mass is 353 g/mol. The first-order valence-corrected chi connectivity index (χ1v) is 6.97. The molecule has 0 aromatic carbocycles. The van der Waals surface area contributed by atoms with Crippen LogP contribution in [0.5, 0.6) is 5.88 Å². The van der Waals surface area contributed by atoms with E-state index in [0.717, 1.165) is 6.42 Å². The molecule has 2 atom stereocenters. The molecule has 2 heterocycles. The number of nitrogens with two attached hydrogens (primary N) is 1. The third-order valence-electron chi connectivity index (χ3n) is 3.62. The summed E-state index contributed by atoms with van der Waals surface area (Å²) in [4.78, 5) is 17.8. The van der Waals surface area contributed by atoms with Crippen LogP contribution in [0.3, 0.4) is 0 Å². The van der Waals surface area contributed by atoms with Gasteiger partial charge in [-0.15, -0.1) is 12.4 Å². The van der Waals surface area contributed by atoms with Crippen LogP contribution in [0, 0.1) is 5.92 Å². The summed E-state index contributed by atoms with van der Waals surface area (Å²) in [5.41, 5.74) is 5.95. The van der Waals surface area contributed by atoms with E-state index in [1.54, 1.807) is 4.90 Å². The highest BCUT2D eigenvalue weighted by Gasteiger charge is 2.32. The Morgan fingerprint density at radius 2 is 2.17 bits per heavy atom. The Bertz CT molecular complexity index is 525. The molecule has 1 saturated heterocycles. The van der Waals surface area contributed by atoms with Crippen molar-refractivity contribution in [1.82, 2.24) is 9.88 Å². The number of hydrogen-bond acceptors (Lipinski definition) is 4. The molecular formula is C14H19ClF3N3O2. The minimum atomic E-state index is -4.42. The minimum absolute atomic E-state index is 0. The summed E-state index contributed by atoms with van der Waals surface area (Å²) in [5.74, 6) is -0.0807. The molecule has 1 amide bonds. The van der Waals surface area contributed by atoms with Crippen LogP contribution < -0.4 is 10.5 Å². The molecule has 0 bridgehead atoms. The van der Waals surface area contributed by atoms with E-state index in [1.165, 1.54) is 18.3 Å². The molecule has 2 unspecified atom stereocenters. The lowest BCUT2D eigenvalue weighted by Crippen LogP contribution is -2.34. The summed E-state index contributed by atoms with van der Waals surface area (Å²) < 4.78 is 40.6. The van der Waals surface area contributed by atoms with E-state index >= 15 is 0 Å². The Hall–Kier alpha value is -1.54. The van der Waals surface area contributed by atoms with Gasteiger partial charge in [-0.1, -0.05) is 0 Å². The number of pyridine rings is 1. The number of halogens is 4. The van der Waals surface area contributed by atoms with Gasteiger partial charge >= 0.3 is 6.18 Å². The van der Waals surface area contributed by atoms with Gasteiger partial charge in [0, 0.05) is 24.8 Å². The molecule has 9 heteroatoms. The molecule has 5 nitrogen and oxygen atoms in total. The van der Waals surface area contributed by atoms with Crippen molar-refractivity contribution >= 4 is 18.3 Å². The van der Waals surface area contributed by atoms with Crippen LogP contribution in [0.25, 0.3) is 0 Å². The molecule has 1 aromatic heterocycles. The summed E-state index contributed by atoms with van der Waals surface area (Å²) in [6.07, 6.45) is -2.34. The van der Waals surface area contributed by atoms with E-state index in [1.807, 2.05) is 6.92 Å². The van der Waals surface area contributed by atoms with Gasteiger partial charge in [-0.25, -0.2) is 4.98 Å². The molecule has 1 aromatic rings. The van der Waals surface area contributed by atoms with Crippen molar-refractivity contribution in [3.8, 4) is 5.88 Å². The molecule has 0 saturated carbocycles. The van der Waals surface area contributed by atoms with Crippen molar-refractivity contribution in [3.05, 3.63) is 23.9 Å². The highest BCUT2D eigenvalue weighted by atomic mass is 35.5. The Kier molecular flexibility index (Phi) is 6.64. The third kappa shape index (κ3) is 5.24. The fourth-order valence-electron chi connectivity index (χ4n) is 2.51. The van der Waals surface area contributed by atoms with Gasteiger partial charge in [-0.05, 0) is 31.9 Å². The fourth-order valence-corrected chi connectivity index (χ4v) is 2.51. The smallest absolute Gasteiger partial charge is 0.422 e. The highest BCUT2D eigenvalue weighted by Crippen LogP contribution is 2.24. The van der Waals surface area contributed by atoms with E-state index in [0.29, 0.717) is 18.7 Å². The van der Waals surface area contributed by atoms with Crippen molar-refractivity contribution in [2.75, 3.05) is 19.7 Å². The Balaban J connectivity index is 0.00000264. The summed E-state index contributed by atoms with van der Waals surface area (Å²) in [7, 11) is 0. The maximum absolute atomic E-state index is 12.4. The molecule has 130 valence electrons. The summed E-state index contributed by atoms with van der Waals surface area (Å²) >= 11 is 0. The molecule has 1 aliphatic rings. The van der Waals surface area contributed by atoms with E-state index in [-0.39, 0.29) is 36.2 Å². The molecule has 23 heavy (non-hydrogen) atoms. The van der Waals surface area contributed by atoms with Crippen LogP contribution in [0.1, 0.15) is 23.7 Å². The fraction of sp³-hybridized carbons (Fsp3) is 0.571. The standard InChI is InChI=1S/C14H18F3N3O2.ClH/c1-9-4-10(5-18)7-20(9)13(21)11-2-3-12(19-6-11)22-8-14(15,16)17;/h2-3,6,9-10H,4-5,7-8,18H2,1H3;1H. The summed E-state index contributed by atoms with van der Waals surface area (Å²) in [5, 5.41) is 0. The molecular weight excluding hydrogens is 335 g/mol. The first-order chi connectivity index (χ1) is 10.3. The van der Waals surface area contributed by atoms with Crippen LogP contribution in [0.15, 0.2) is 18.3 Å². The number of amides is 1. The van der Waals surface area contributed by atoms with Crippen LogP contribution in [0.4, 0.5) is 13.2 Å². The van der Waals surface area contributed by atoms with Crippen LogP contribution in [-0.4, -0.2) is 47.7 Å². The second-order valence-electron chi connectivity index (χ2n) is 5.43. The second kappa shape index (κ2) is 7.83. The van der Waals surface area contributed by atoms with Crippen molar-refractivity contribution in [1.29, 1.82) is 0 Å². The lowest BCUT2D eigenvalue weighted by atomic mass is 10.1. The predicted molar refractivity (Wildman–Crippen MR) is 80.7 cm³/mol. The maximum Gasteiger partial charge on any atom is 0.422 e. The third-order valence-corrected chi connectivity index (χ3v) is 3.62. The molecule has 2 N–H and O–H groups in total. The van der Waals surface area contributed by atoms with E-state index in [2.05, 4.69) is 9.72 Å². The zero-order valence-electron chi connectivity index (χ0n) is 12.5. The molecule has 0 aliphatic carbocycles. The van der Waals surface area contributed by atoms with Crippen molar-refractivity contribution in [2.24, 2.45) is 11.7 Å². The summed E-state index contributed by atoms with van der Waals surface area (Å²) in [6.45, 7) is 1.65. The minimum Gasteiger partial charge on any atom is -0.468 e. The SMILES string of the molecule is CC1CC(CN)CN1C(=O)c1ccc(OCC(F)(F)F)nc1.Cl. The zero-order valence-corrected chi connectivity index (χ0v) is 13.4. The topological polar surface area (TPSA) is 68.5 Å². The number of alkyl halides is 3. The van der Waals surface area contributed by atoms with Crippen molar-refractivity contribution < 1.29 is 22.7 Å². The van der Waals surface area contributed by atoms with E-state index in [9.17, 15) is 18.0 Å². The summed E-state index contributed by atoms with van der Waals surface area (Å²) in [6, 6.07) is 2.77. The second-order valence-corrected chi connectivity index (χ2v) is 5.43. The van der Waals surface area contributed by atoms with Crippen molar-refractivity contribution in [3.63, 3.8) is 0 Å². The van der Waals surface area contributed by atoms with Gasteiger partial charge in [-0.2, -0.15) is 13.2 Å². The van der Waals surface area contributed by atoms with Crippen LogP contribution >= 0.6 is 12.4 Å². The van der Waals surface area contributed by atoms with Gasteiger partial charge in [-0.3, -0.25) is 4.79 Å². The number of carbonyl (C=O) groups is 1. The maximum atomic E-state index is 12.4. The van der Waals surface area contributed by atoms with Gasteiger partial charge in [0.25, 0.3) is 5.91 Å². The predicted octanol–water partition coefficient (Wildman–Crippen LogP) is 2.25. The number of rotatable bonds is 4. The first-order valence-electron chi connectivity index (χ1n) is 6.97. The van der Waals surface area contributed by atoms with Crippen LogP contribution in [0.2, 0.25) is 0 Å². The van der Waals surface area contributed by atoms with Gasteiger partial charge in [0.05, 0.1) is 5.56 Å². The normalized spacial score (nSPS) is 21.0. The number of aromatic nitrogens is 1. The van der Waals surface area contributed by atoms with Gasteiger partial charge in [0.15, 0.2) is 6.61 Å². The van der Waals surface area contributed by atoms with Gasteiger partial charge in [0.2, 0.25) is 5.88 Å². The van der Waals surface area contributed by atoms with E-state index in [4.69, 9.17) is 5.73 Å². The highest BCUT2D eigenvalue weighted by molar-refractivity contribution is 5.94. The van der Waals surface area contributed by atoms with E-state index < -0.39 is 12.8 Å². The lowest BCUT2D eigenvalue weighted by molar-refractivity contribution is -0.154. The molecule has 0 spiro atoms. The van der Waals surface area contributed by atoms with Gasteiger partial charge < -0.3 is 15.4 Å². The number of carbonyl (C=O) groups excluding carboxylic acids is 1. The average molecular weight is 354 g/mol. The number of ether oxygens (including phenoxy) is 1. The first kappa shape index (κ1) is 19.5. The molecule has 2 rings (SSSR count). The lowest BCUT2D eigenvalue weighted by Gasteiger charge is -2.21. The van der Waals surface area contributed by atoms with Crippen LogP contribution in [-0.2, 0) is 0 Å². The Labute approximate surface area is 138 Å². The zero-order chi connectivity index (χ0) is 16.3. The van der Waals surface area contributed by atoms with Gasteiger partial charge in [0.1, 0.15) is 0 Å². The number of nitrogens with zero attached hydrogens (tertiary/aromatic N) is 2. The number of likely N-dealkylation sites (tertiary alicyclic amines) is 1. The Morgan fingerprint density at radius 1 is 1.48 bits per heavy atom. The molecule has 1 aliphatic heterocycles. The molecule has 0 radical (unpaired) electrons.